The molecule has 0 heterocycles. The van der Waals surface area contributed by atoms with Crippen LogP contribution in [0.1, 0.15) is 35.9 Å². The van der Waals surface area contributed by atoms with Gasteiger partial charge in [-0.1, -0.05) is 24.3 Å². The lowest BCUT2D eigenvalue weighted by molar-refractivity contribution is 0.276. The average Bonchev–Trinajstić information content (AvgIpc) is 3.38. The molecule has 1 atom stereocenters. The van der Waals surface area contributed by atoms with E-state index in [0.29, 0.717) is 5.92 Å². The van der Waals surface area contributed by atoms with E-state index in [4.69, 9.17) is 4.74 Å². The second-order valence-electron chi connectivity index (χ2n) is 5.51. The SMILES string of the molecule is COc1ccc(NC(CO)c2ccccc2C2CC2)cc1. The van der Waals surface area contributed by atoms with Crippen molar-refractivity contribution in [2.24, 2.45) is 0 Å². The van der Waals surface area contributed by atoms with E-state index in [1.807, 2.05) is 30.3 Å². The maximum absolute atomic E-state index is 9.78. The molecule has 110 valence electrons. The van der Waals surface area contributed by atoms with Crippen molar-refractivity contribution in [2.45, 2.75) is 24.8 Å². The van der Waals surface area contributed by atoms with Crippen molar-refractivity contribution in [1.29, 1.82) is 0 Å². The number of aliphatic hydroxyl groups excluding tert-OH is 1. The van der Waals surface area contributed by atoms with E-state index in [2.05, 4.69) is 23.5 Å². The lowest BCUT2D eigenvalue weighted by atomic mass is 9.97. The van der Waals surface area contributed by atoms with Gasteiger partial charge in [0.15, 0.2) is 0 Å². The molecule has 1 saturated carbocycles. The summed E-state index contributed by atoms with van der Waals surface area (Å²) < 4.78 is 5.17. The summed E-state index contributed by atoms with van der Waals surface area (Å²) in [7, 11) is 1.66. The quantitative estimate of drug-likeness (QED) is 0.849. The van der Waals surface area contributed by atoms with Gasteiger partial charge in [0.2, 0.25) is 0 Å². The fraction of sp³-hybridized carbons (Fsp3) is 0.333. The Balaban J connectivity index is 1.81. The first-order valence-corrected chi connectivity index (χ1v) is 7.42. The minimum Gasteiger partial charge on any atom is -0.497 e. The number of hydrogen-bond donors (Lipinski definition) is 2. The summed E-state index contributed by atoms with van der Waals surface area (Å²) in [4.78, 5) is 0. The highest BCUT2D eigenvalue weighted by atomic mass is 16.5. The normalized spacial score (nSPS) is 15.5. The van der Waals surface area contributed by atoms with Gasteiger partial charge in [-0.25, -0.2) is 0 Å². The van der Waals surface area contributed by atoms with Crippen molar-refractivity contribution in [2.75, 3.05) is 19.0 Å². The number of anilines is 1. The maximum atomic E-state index is 9.78. The van der Waals surface area contributed by atoms with Crippen LogP contribution < -0.4 is 10.1 Å². The van der Waals surface area contributed by atoms with Gasteiger partial charge in [-0.3, -0.25) is 0 Å². The minimum absolute atomic E-state index is 0.0739. The van der Waals surface area contributed by atoms with Gasteiger partial charge in [0.1, 0.15) is 5.75 Å². The Hall–Kier alpha value is -2.00. The van der Waals surface area contributed by atoms with Crippen LogP contribution in [0.25, 0.3) is 0 Å². The first-order chi connectivity index (χ1) is 10.3. The summed E-state index contributed by atoms with van der Waals surface area (Å²) in [6, 6.07) is 16.1. The second-order valence-corrected chi connectivity index (χ2v) is 5.51. The Kier molecular flexibility index (Phi) is 4.11. The first-order valence-electron chi connectivity index (χ1n) is 7.42. The zero-order valence-corrected chi connectivity index (χ0v) is 12.3. The van der Waals surface area contributed by atoms with Crippen LogP contribution >= 0.6 is 0 Å². The molecule has 0 amide bonds. The van der Waals surface area contributed by atoms with Gasteiger partial charge >= 0.3 is 0 Å². The van der Waals surface area contributed by atoms with Crippen LogP contribution in [0.3, 0.4) is 0 Å². The van der Waals surface area contributed by atoms with Crippen LogP contribution in [0.15, 0.2) is 48.5 Å². The number of aliphatic hydroxyl groups is 1. The van der Waals surface area contributed by atoms with Gasteiger partial charge < -0.3 is 15.2 Å². The van der Waals surface area contributed by atoms with Crippen LogP contribution in [0, 0.1) is 0 Å². The van der Waals surface area contributed by atoms with E-state index < -0.39 is 0 Å². The molecule has 3 nitrogen and oxygen atoms in total. The molecule has 21 heavy (non-hydrogen) atoms. The molecule has 0 bridgehead atoms. The number of hydrogen-bond acceptors (Lipinski definition) is 3. The third-order valence-electron chi connectivity index (χ3n) is 4.00. The Morgan fingerprint density at radius 2 is 1.86 bits per heavy atom. The highest BCUT2D eigenvalue weighted by molar-refractivity contribution is 5.49. The summed E-state index contributed by atoms with van der Waals surface area (Å²) in [6.45, 7) is 0.0791. The van der Waals surface area contributed by atoms with Gasteiger partial charge in [-0.2, -0.15) is 0 Å². The zero-order valence-electron chi connectivity index (χ0n) is 12.3. The van der Waals surface area contributed by atoms with Crippen LogP contribution in [0.5, 0.6) is 5.75 Å². The zero-order chi connectivity index (χ0) is 14.7. The van der Waals surface area contributed by atoms with E-state index in [9.17, 15) is 5.11 Å². The highest BCUT2D eigenvalue weighted by Crippen LogP contribution is 2.43. The molecular weight excluding hydrogens is 262 g/mol. The van der Waals surface area contributed by atoms with E-state index in [1.54, 1.807) is 7.11 Å². The molecule has 3 heteroatoms. The second kappa shape index (κ2) is 6.19. The minimum atomic E-state index is -0.0739. The van der Waals surface area contributed by atoms with Crippen molar-refractivity contribution in [1.82, 2.24) is 0 Å². The molecule has 0 aromatic heterocycles. The van der Waals surface area contributed by atoms with Crippen molar-refractivity contribution in [3.05, 3.63) is 59.7 Å². The van der Waals surface area contributed by atoms with E-state index in [0.717, 1.165) is 11.4 Å². The smallest absolute Gasteiger partial charge is 0.119 e. The van der Waals surface area contributed by atoms with Gasteiger partial charge in [-0.05, 0) is 54.2 Å². The molecular formula is C18H21NO2. The molecule has 1 aliphatic carbocycles. The third-order valence-corrected chi connectivity index (χ3v) is 4.00. The van der Waals surface area contributed by atoms with Crippen LogP contribution in [0.2, 0.25) is 0 Å². The summed E-state index contributed by atoms with van der Waals surface area (Å²) in [6.07, 6.45) is 2.52. The van der Waals surface area contributed by atoms with Crippen molar-refractivity contribution in [3.8, 4) is 5.75 Å². The molecule has 2 aromatic rings. The number of methoxy groups -OCH3 is 1. The molecule has 0 aliphatic heterocycles. The molecule has 1 fully saturated rings. The number of nitrogens with one attached hydrogen (secondary N) is 1. The Morgan fingerprint density at radius 3 is 2.48 bits per heavy atom. The number of ether oxygens (including phenoxy) is 1. The summed E-state index contributed by atoms with van der Waals surface area (Å²) >= 11 is 0. The molecule has 0 saturated heterocycles. The predicted octanol–water partition coefficient (Wildman–Crippen LogP) is 3.72. The largest absolute Gasteiger partial charge is 0.497 e. The lowest BCUT2D eigenvalue weighted by Gasteiger charge is -2.21. The molecule has 2 aromatic carbocycles. The van der Waals surface area contributed by atoms with E-state index >= 15 is 0 Å². The average molecular weight is 283 g/mol. The third kappa shape index (κ3) is 3.19. The Morgan fingerprint density at radius 1 is 1.14 bits per heavy atom. The van der Waals surface area contributed by atoms with Crippen LogP contribution in [-0.4, -0.2) is 18.8 Å². The van der Waals surface area contributed by atoms with Gasteiger partial charge in [0, 0.05) is 5.69 Å². The Bertz CT molecular complexity index is 590. The van der Waals surface area contributed by atoms with E-state index in [1.165, 1.54) is 24.0 Å². The van der Waals surface area contributed by atoms with E-state index in [-0.39, 0.29) is 12.6 Å². The van der Waals surface area contributed by atoms with Crippen molar-refractivity contribution in [3.63, 3.8) is 0 Å². The molecule has 0 radical (unpaired) electrons. The molecule has 1 unspecified atom stereocenters. The maximum Gasteiger partial charge on any atom is 0.119 e. The van der Waals surface area contributed by atoms with Gasteiger partial charge in [-0.15, -0.1) is 0 Å². The Labute approximate surface area is 125 Å². The fourth-order valence-corrected chi connectivity index (χ4v) is 2.70. The predicted molar refractivity (Wildman–Crippen MR) is 84.9 cm³/mol. The van der Waals surface area contributed by atoms with Crippen LogP contribution in [0.4, 0.5) is 5.69 Å². The first kappa shape index (κ1) is 14.0. The number of rotatable bonds is 6. The fourth-order valence-electron chi connectivity index (χ4n) is 2.70. The molecule has 3 rings (SSSR count). The molecule has 0 spiro atoms. The number of benzene rings is 2. The summed E-state index contributed by atoms with van der Waals surface area (Å²) in [5, 5.41) is 13.2. The lowest BCUT2D eigenvalue weighted by Crippen LogP contribution is -2.16. The standard InChI is InChI=1S/C18H21NO2/c1-21-15-10-8-14(9-11-15)19-18(12-20)17-5-3-2-4-16(17)13-6-7-13/h2-5,8-11,13,18-20H,6-7,12H2,1H3. The molecule has 1 aliphatic rings. The van der Waals surface area contributed by atoms with Crippen molar-refractivity contribution < 1.29 is 9.84 Å². The highest BCUT2D eigenvalue weighted by Gasteiger charge is 2.27. The summed E-state index contributed by atoms with van der Waals surface area (Å²) in [5.41, 5.74) is 3.57. The monoisotopic (exact) mass is 283 g/mol. The summed E-state index contributed by atoms with van der Waals surface area (Å²) in [5.74, 6) is 1.51. The van der Waals surface area contributed by atoms with Crippen molar-refractivity contribution >= 4 is 5.69 Å². The van der Waals surface area contributed by atoms with Gasteiger partial charge in [0.25, 0.3) is 0 Å². The topological polar surface area (TPSA) is 41.5 Å². The van der Waals surface area contributed by atoms with Crippen LogP contribution in [-0.2, 0) is 0 Å². The van der Waals surface area contributed by atoms with Gasteiger partial charge in [0.05, 0.1) is 19.8 Å². The molecule has 2 N–H and O–H groups in total.